The van der Waals surface area contributed by atoms with Crippen LogP contribution in [0.5, 0.6) is 0 Å². The van der Waals surface area contributed by atoms with Crippen LogP contribution in [0.3, 0.4) is 0 Å². The van der Waals surface area contributed by atoms with E-state index in [0.29, 0.717) is 12.0 Å². The molecule has 3 rings (SSSR count). The molecule has 1 fully saturated rings. The minimum absolute atomic E-state index is 0. The number of hydrogen-bond acceptors (Lipinski definition) is 2. The summed E-state index contributed by atoms with van der Waals surface area (Å²) in [6.07, 6.45) is 10.4. The van der Waals surface area contributed by atoms with Gasteiger partial charge in [0.05, 0.1) is 5.84 Å². The van der Waals surface area contributed by atoms with Crippen LogP contribution in [0.25, 0.3) is 0 Å². The number of rotatable bonds is 2. The topological polar surface area (TPSA) is 24.4 Å². The Balaban J connectivity index is 0.00000161. The van der Waals surface area contributed by atoms with Gasteiger partial charge < -0.3 is 5.32 Å². The lowest BCUT2D eigenvalue weighted by Crippen LogP contribution is -2.41. The SMILES string of the molecule is Cl.c1ccc([C@@H]2CCCC[C@H]2NC2=NCCCCC2)cc1. The molecule has 1 saturated carbocycles. The molecule has 1 heterocycles. The van der Waals surface area contributed by atoms with E-state index in [2.05, 4.69) is 35.6 Å². The van der Waals surface area contributed by atoms with E-state index in [-0.39, 0.29) is 12.4 Å². The van der Waals surface area contributed by atoms with Gasteiger partial charge in [-0.05, 0) is 31.2 Å². The maximum atomic E-state index is 4.75. The van der Waals surface area contributed by atoms with Gasteiger partial charge in [0, 0.05) is 24.9 Å². The van der Waals surface area contributed by atoms with Crippen LogP contribution < -0.4 is 5.32 Å². The van der Waals surface area contributed by atoms with Crippen molar-refractivity contribution in [2.45, 2.75) is 63.3 Å². The zero-order valence-corrected chi connectivity index (χ0v) is 13.6. The first kappa shape index (κ1) is 16.4. The van der Waals surface area contributed by atoms with Crippen molar-refractivity contribution >= 4 is 18.2 Å². The average molecular weight is 307 g/mol. The normalized spacial score (nSPS) is 26.2. The van der Waals surface area contributed by atoms with Gasteiger partial charge in [-0.2, -0.15) is 0 Å². The van der Waals surface area contributed by atoms with Crippen molar-refractivity contribution in [2.75, 3.05) is 6.54 Å². The summed E-state index contributed by atoms with van der Waals surface area (Å²) in [5.74, 6) is 1.94. The second kappa shape index (κ2) is 8.43. The highest BCUT2D eigenvalue weighted by Crippen LogP contribution is 2.33. The molecule has 1 N–H and O–H groups in total. The quantitative estimate of drug-likeness (QED) is 0.841. The third-order valence-electron chi connectivity index (χ3n) is 4.72. The minimum Gasteiger partial charge on any atom is -0.370 e. The third-order valence-corrected chi connectivity index (χ3v) is 4.72. The molecule has 3 heteroatoms. The largest absolute Gasteiger partial charge is 0.370 e. The van der Waals surface area contributed by atoms with Crippen molar-refractivity contribution in [2.24, 2.45) is 4.99 Å². The number of benzene rings is 1. The van der Waals surface area contributed by atoms with E-state index in [1.54, 1.807) is 0 Å². The fourth-order valence-electron chi connectivity index (χ4n) is 3.61. The van der Waals surface area contributed by atoms with E-state index in [9.17, 15) is 0 Å². The van der Waals surface area contributed by atoms with Gasteiger partial charge in [-0.25, -0.2) is 0 Å². The van der Waals surface area contributed by atoms with E-state index >= 15 is 0 Å². The van der Waals surface area contributed by atoms with Crippen molar-refractivity contribution in [1.82, 2.24) is 5.32 Å². The van der Waals surface area contributed by atoms with E-state index in [1.807, 2.05) is 0 Å². The van der Waals surface area contributed by atoms with Crippen molar-refractivity contribution in [3.8, 4) is 0 Å². The Morgan fingerprint density at radius 1 is 0.905 bits per heavy atom. The number of amidine groups is 1. The molecule has 0 unspecified atom stereocenters. The minimum atomic E-state index is 0. The summed E-state index contributed by atoms with van der Waals surface area (Å²) in [7, 11) is 0. The Kier molecular flexibility index (Phi) is 6.56. The van der Waals surface area contributed by atoms with E-state index in [4.69, 9.17) is 4.99 Å². The molecule has 0 saturated heterocycles. The van der Waals surface area contributed by atoms with Gasteiger partial charge in [0.2, 0.25) is 0 Å². The number of nitrogens with one attached hydrogen (secondary N) is 1. The molecule has 2 aliphatic rings. The Bertz CT molecular complexity index is 444. The summed E-state index contributed by atoms with van der Waals surface area (Å²) in [6, 6.07) is 11.6. The summed E-state index contributed by atoms with van der Waals surface area (Å²) < 4.78 is 0. The van der Waals surface area contributed by atoms with Gasteiger partial charge in [-0.3, -0.25) is 4.99 Å². The Hall–Kier alpha value is -1.02. The average Bonchev–Trinajstić information content (AvgIpc) is 2.77. The lowest BCUT2D eigenvalue weighted by Gasteiger charge is -2.33. The molecule has 0 aromatic heterocycles. The second-order valence-corrected chi connectivity index (χ2v) is 6.19. The highest BCUT2D eigenvalue weighted by atomic mass is 35.5. The fourth-order valence-corrected chi connectivity index (χ4v) is 3.61. The second-order valence-electron chi connectivity index (χ2n) is 6.19. The van der Waals surface area contributed by atoms with Crippen molar-refractivity contribution in [3.63, 3.8) is 0 Å². The fraction of sp³-hybridized carbons (Fsp3) is 0.611. The molecule has 116 valence electrons. The molecule has 0 bridgehead atoms. The first-order valence-corrected chi connectivity index (χ1v) is 8.28. The summed E-state index contributed by atoms with van der Waals surface area (Å²) in [4.78, 5) is 4.75. The lowest BCUT2D eigenvalue weighted by molar-refractivity contribution is 0.359. The zero-order valence-electron chi connectivity index (χ0n) is 12.8. The number of aliphatic imine (C=N–C) groups is 1. The molecule has 1 aromatic rings. The number of hydrogen-bond donors (Lipinski definition) is 1. The van der Waals surface area contributed by atoms with Gasteiger partial charge in [0.25, 0.3) is 0 Å². The molecule has 0 spiro atoms. The lowest BCUT2D eigenvalue weighted by atomic mass is 9.80. The summed E-state index contributed by atoms with van der Waals surface area (Å²) in [5.41, 5.74) is 1.50. The van der Waals surface area contributed by atoms with E-state index < -0.39 is 0 Å². The van der Waals surface area contributed by atoms with Crippen LogP contribution in [0.2, 0.25) is 0 Å². The molecule has 2 atom stereocenters. The standard InChI is InChI=1S/C18H26N2.ClH/c1-3-9-15(10-4-1)16-11-6-7-12-17(16)20-18-13-5-2-8-14-19-18;/h1,3-4,9-10,16-17H,2,5-8,11-14H2,(H,19,20);1H/t16-,17+;/m0./s1. The smallest absolute Gasteiger partial charge is 0.0965 e. The van der Waals surface area contributed by atoms with Crippen LogP contribution in [0, 0.1) is 0 Å². The van der Waals surface area contributed by atoms with Crippen LogP contribution in [-0.4, -0.2) is 18.4 Å². The molecule has 0 amide bonds. The molecule has 1 aliphatic carbocycles. The summed E-state index contributed by atoms with van der Waals surface area (Å²) >= 11 is 0. The Morgan fingerprint density at radius 2 is 1.71 bits per heavy atom. The molecule has 1 aliphatic heterocycles. The predicted octanol–water partition coefficient (Wildman–Crippen LogP) is 4.70. The van der Waals surface area contributed by atoms with Gasteiger partial charge in [-0.15, -0.1) is 12.4 Å². The van der Waals surface area contributed by atoms with Crippen molar-refractivity contribution in [1.29, 1.82) is 0 Å². The molecule has 21 heavy (non-hydrogen) atoms. The Labute approximate surface area is 134 Å². The van der Waals surface area contributed by atoms with Crippen LogP contribution >= 0.6 is 12.4 Å². The van der Waals surface area contributed by atoms with E-state index in [0.717, 1.165) is 13.0 Å². The van der Waals surface area contributed by atoms with Crippen molar-refractivity contribution < 1.29 is 0 Å². The van der Waals surface area contributed by atoms with Crippen LogP contribution in [-0.2, 0) is 0 Å². The molecule has 0 radical (unpaired) electrons. The highest BCUT2D eigenvalue weighted by molar-refractivity contribution is 5.85. The molecular weight excluding hydrogens is 280 g/mol. The maximum absolute atomic E-state index is 4.75. The van der Waals surface area contributed by atoms with Crippen molar-refractivity contribution in [3.05, 3.63) is 35.9 Å². The first-order chi connectivity index (χ1) is 9.93. The molecule has 1 aromatic carbocycles. The monoisotopic (exact) mass is 306 g/mol. The van der Waals surface area contributed by atoms with Gasteiger partial charge in [0.1, 0.15) is 0 Å². The van der Waals surface area contributed by atoms with Gasteiger partial charge in [-0.1, -0.05) is 49.6 Å². The Morgan fingerprint density at radius 3 is 2.57 bits per heavy atom. The first-order valence-electron chi connectivity index (χ1n) is 8.28. The third kappa shape index (κ3) is 4.47. The molecular formula is C18H27ClN2. The highest BCUT2D eigenvalue weighted by Gasteiger charge is 2.27. The number of nitrogens with zero attached hydrogens (tertiary/aromatic N) is 1. The molecule has 2 nitrogen and oxygen atoms in total. The van der Waals surface area contributed by atoms with Crippen LogP contribution in [0.15, 0.2) is 35.3 Å². The van der Waals surface area contributed by atoms with E-state index in [1.165, 1.54) is 56.3 Å². The summed E-state index contributed by atoms with van der Waals surface area (Å²) in [5, 5.41) is 3.80. The maximum Gasteiger partial charge on any atom is 0.0965 e. The van der Waals surface area contributed by atoms with Crippen LogP contribution in [0.4, 0.5) is 0 Å². The van der Waals surface area contributed by atoms with Gasteiger partial charge >= 0.3 is 0 Å². The van der Waals surface area contributed by atoms with Crippen LogP contribution in [0.1, 0.15) is 62.8 Å². The zero-order chi connectivity index (χ0) is 13.6. The summed E-state index contributed by atoms with van der Waals surface area (Å²) in [6.45, 7) is 1.02. The van der Waals surface area contributed by atoms with Gasteiger partial charge in [0.15, 0.2) is 0 Å². The number of halogens is 1. The predicted molar refractivity (Wildman–Crippen MR) is 92.6 cm³/mol.